The van der Waals surface area contributed by atoms with Gasteiger partial charge < -0.3 is 5.32 Å². The third kappa shape index (κ3) is 3.58. The fourth-order valence-electron chi connectivity index (χ4n) is 2.25. The molecule has 0 unspecified atom stereocenters. The molecule has 1 aromatic carbocycles. The summed E-state index contributed by atoms with van der Waals surface area (Å²) in [6, 6.07) is 11.9. The molecule has 1 N–H and O–H groups in total. The number of aromatic nitrogens is 3. The van der Waals surface area contributed by atoms with Crippen molar-refractivity contribution in [2.24, 2.45) is 0 Å². The summed E-state index contributed by atoms with van der Waals surface area (Å²) in [5, 5.41) is 6.85. The van der Waals surface area contributed by atoms with E-state index in [-0.39, 0.29) is 17.0 Å². The second kappa shape index (κ2) is 7.38. The summed E-state index contributed by atoms with van der Waals surface area (Å²) < 4.78 is 3.15. The molecule has 0 amide bonds. The molecule has 0 spiro atoms. The Hall–Kier alpha value is -1.16. The minimum Gasteiger partial charge on any atom is -0.332 e. The van der Waals surface area contributed by atoms with Crippen molar-refractivity contribution < 1.29 is 0 Å². The van der Waals surface area contributed by atoms with Gasteiger partial charge in [0.1, 0.15) is 11.3 Å². The van der Waals surface area contributed by atoms with Crippen LogP contribution in [0.25, 0.3) is 17.0 Å². The molecule has 0 aliphatic carbocycles. The molecule has 3 heterocycles. The quantitative estimate of drug-likeness (QED) is 0.327. The summed E-state index contributed by atoms with van der Waals surface area (Å²) in [4.78, 5) is 9.04. The van der Waals surface area contributed by atoms with E-state index in [9.17, 15) is 0 Å². The molecule has 0 saturated heterocycles. The highest BCUT2D eigenvalue weighted by Crippen LogP contribution is 2.28. The highest BCUT2D eigenvalue weighted by atomic mass is 127. The summed E-state index contributed by atoms with van der Waals surface area (Å²) in [5.74, 6) is 0. The molecular formula is C16H11BrClIN4S. The van der Waals surface area contributed by atoms with Gasteiger partial charge >= 0.3 is 0 Å². The SMILES string of the molecule is Br.Clc1ccc2ncc(-c3csc(Nc4ccc(I)cc4)n3)n2c1. The lowest BCUT2D eigenvalue weighted by Crippen LogP contribution is -1.91. The number of benzene rings is 1. The minimum atomic E-state index is 0. The number of pyridine rings is 1. The topological polar surface area (TPSA) is 42.2 Å². The van der Waals surface area contributed by atoms with Crippen molar-refractivity contribution >= 4 is 79.0 Å². The Morgan fingerprint density at radius 1 is 1.12 bits per heavy atom. The predicted molar refractivity (Wildman–Crippen MR) is 114 cm³/mol. The lowest BCUT2D eigenvalue weighted by Gasteiger charge is -2.02. The highest BCUT2D eigenvalue weighted by Gasteiger charge is 2.10. The number of nitrogens with zero attached hydrogens (tertiary/aromatic N) is 3. The first-order chi connectivity index (χ1) is 11.2. The molecule has 122 valence electrons. The average molecular weight is 534 g/mol. The molecule has 0 atom stereocenters. The maximum absolute atomic E-state index is 6.08. The van der Waals surface area contributed by atoms with Gasteiger partial charge in [-0.05, 0) is 59.0 Å². The molecule has 0 radical (unpaired) electrons. The van der Waals surface area contributed by atoms with Gasteiger partial charge in [0.2, 0.25) is 0 Å². The van der Waals surface area contributed by atoms with Crippen LogP contribution in [0.4, 0.5) is 10.8 Å². The van der Waals surface area contributed by atoms with E-state index >= 15 is 0 Å². The van der Waals surface area contributed by atoms with Gasteiger partial charge in [-0.25, -0.2) is 9.97 Å². The van der Waals surface area contributed by atoms with Crippen molar-refractivity contribution in [1.29, 1.82) is 0 Å². The lowest BCUT2D eigenvalue weighted by atomic mass is 10.3. The lowest BCUT2D eigenvalue weighted by molar-refractivity contribution is 1.18. The Balaban J connectivity index is 0.00000169. The van der Waals surface area contributed by atoms with Gasteiger partial charge in [-0.1, -0.05) is 11.6 Å². The number of thiazole rings is 1. The molecule has 4 rings (SSSR count). The molecule has 0 saturated carbocycles. The molecule has 8 heteroatoms. The Morgan fingerprint density at radius 2 is 1.92 bits per heavy atom. The van der Waals surface area contributed by atoms with E-state index in [4.69, 9.17) is 11.6 Å². The van der Waals surface area contributed by atoms with Crippen molar-refractivity contribution in [2.75, 3.05) is 5.32 Å². The van der Waals surface area contributed by atoms with Crippen molar-refractivity contribution in [3.05, 3.63) is 62.8 Å². The Morgan fingerprint density at radius 3 is 2.71 bits per heavy atom. The Kier molecular flexibility index (Phi) is 5.43. The van der Waals surface area contributed by atoms with E-state index in [0.717, 1.165) is 27.9 Å². The van der Waals surface area contributed by atoms with Crippen LogP contribution in [0.1, 0.15) is 0 Å². The first-order valence-corrected chi connectivity index (χ1v) is 9.14. The fourth-order valence-corrected chi connectivity index (χ4v) is 3.49. The normalized spacial score (nSPS) is 10.6. The molecule has 24 heavy (non-hydrogen) atoms. The third-order valence-corrected chi connectivity index (χ3v) is 5.03. The van der Waals surface area contributed by atoms with Crippen molar-refractivity contribution in [3.63, 3.8) is 0 Å². The van der Waals surface area contributed by atoms with Crippen LogP contribution >= 0.6 is 62.5 Å². The number of imidazole rings is 1. The fraction of sp³-hybridized carbons (Fsp3) is 0. The summed E-state index contributed by atoms with van der Waals surface area (Å²) in [7, 11) is 0. The second-order valence-corrected chi connectivity index (χ2v) is 7.43. The third-order valence-electron chi connectivity index (χ3n) is 3.33. The summed E-state index contributed by atoms with van der Waals surface area (Å²) in [6.45, 7) is 0. The first kappa shape index (κ1) is 17.7. The van der Waals surface area contributed by atoms with E-state index in [1.54, 1.807) is 11.3 Å². The zero-order valence-electron chi connectivity index (χ0n) is 12.1. The van der Waals surface area contributed by atoms with Gasteiger partial charge in [0.25, 0.3) is 0 Å². The summed E-state index contributed by atoms with van der Waals surface area (Å²) in [6.07, 6.45) is 3.67. The smallest absolute Gasteiger partial charge is 0.187 e. The van der Waals surface area contributed by atoms with E-state index < -0.39 is 0 Å². The van der Waals surface area contributed by atoms with E-state index in [1.807, 2.05) is 46.4 Å². The van der Waals surface area contributed by atoms with E-state index in [2.05, 4.69) is 50.0 Å². The van der Waals surface area contributed by atoms with Crippen molar-refractivity contribution in [2.45, 2.75) is 0 Å². The summed E-state index contributed by atoms with van der Waals surface area (Å²) in [5.41, 5.74) is 3.67. The van der Waals surface area contributed by atoms with Gasteiger partial charge in [0.15, 0.2) is 5.13 Å². The van der Waals surface area contributed by atoms with Crippen molar-refractivity contribution in [3.8, 4) is 11.4 Å². The van der Waals surface area contributed by atoms with Crippen LogP contribution in [0.15, 0.2) is 54.2 Å². The van der Waals surface area contributed by atoms with Crippen LogP contribution < -0.4 is 5.32 Å². The minimum absolute atomic E-state index is 0. The Labute approximate surface area is 171 Å². The number of nitrogens with one attached hydrogen (secondary N) is 1. The van der Waals surface area contributed by atoms with Crippen LogP contribution in [-0.4, -0.2) is 14.4 Å². The van der Waals surface area contributed by atoms with Crippen LogP contribution in [0.2, 0.25) is 5.02 Å². The summed E-state index contributed by atoms with van der Waals surface area (Å²) >= 11 is 9.93. The van der Waals surface area contributed by atoms with Crippen LogP contribution in [0.5, 0.6) is 0 Å². The average Bonchev–Trinajstić information content (AvgIpc) is 3.15. The van der Waals surface area contributed by atoms with Crippen molar-refractivity contribution in [1.82, 2.24) is 14.4 Å². The molecule has 0 aliphatic heterocycles. The molecule has 4 aromatic rings. The van der Waals surface area contributed by atoms with Gasteiger partial charge in [-0.2, -0.15) is 0 Å². The predicted octanol–water partition coefficient (Wildman–Crippen LogP) is 6.04. The maximum Gasteiger partial charge on any atom is 0.187 e. The number of hydrogen-bond acceptors (Lipinski definition) is 4. The molecule has 3 aromatic heterocycles. The number of halogens is 3. The van der Waals surface area contributed by atoms with Gasteiger partial charge in [-0.3, -0.25) is 4.40 Å². The first-order valence-electron chi connectivity index (χ1n) is 6.80. The van der Waals surface area contributed by atoms with E-state index in [0.29, 0.717) is 5.02 Å². The van der Waals surface area contributed by atoms with Gasteiger partial charge in [-0.15, -0.1) is 28.3 Å². The second-order valence-electron chi connectivity index (χ2n) is 4.89. The zero-order chi connectivity index (χ0) is 15.8. The molecule has 0 fully saturated rings. The van der Waals surface area contributed by atoms with Crippen LogP contribution in [-0.2, 0) is 0 Å². The Bertz CT molecular complexity index is 983. The molecule has 0 aliphatic rings. The molecular weight excluding hydrogens is 523 g/mol. The maximum atomic E-state index is 6.08. The zero-order valence-corrected chi connectivity index (χ0v) is 17.6. The number of hydrogen-bond donors (Lipinski definition) is 1. The largest absolute Gasteiger partial charge is 0.332 e. The molecule has 4 nitrogen and oxygen atoms in total. The van der Waals surface area contributed by atoms with Gasteiger partial charge in [0, 0.05) is 20.8 Å². The number of anilines is 2. The monoisotopic (exact) mass is 532 g/mol. The number of rotatable bonds is 3. The van der Waals surface area contributed by atoms with Crippen LogP contribution in [0.3, 0.4) is 0 Å². The van der Waals surface area contributed by atoms with Gasteiger partial charge in [0.05, 0.1) is 16.9 Å². The number of fused-ring (bicyclic) bond motifs is 1. The van der Waals surface area contributed by atoms with Crippen LogP contribution in [0, 0.1) is 3.57 Å². The highest BCUT2D eigenvalue weighted by molar-refractivity contribution is 14.1. The molecule has 0 bridgehead atoms. The standard InChI is InChI=1S/C16H10ClIN4S.BrH/c17-10-1-6-15-19-7-14(22(15)8-10)13-9-23-16(21-13)20-12-4-2-11(18)3-5-12;/h1-9H,(H,20,21);1H. The van der Waals surface area contributed by atoms with E-state index in [1.165, 1.54) is 3.57 Å².